The minimum Gasteiger partial charge on any atom is -0.258 e. The Labute approximate surface area is 127 Å². The predicted octanol–water partition coefficient (Wildman–Crippen LogP) is 3.57. The lowest BCUT2D eigenvalue weighted by molar-refractivity contribution is -0.387. The normalized spacial score (nSPS) is 12.3. The minimum absolute atomic E-state index is 0.0941. The second kappa shape index (κ2) is 6.67. The van der Waals surface area contributed by atoms with Crippen LogP contribution in [-0.2, 0) is 9.84 Å². The number of benzene rings is 1. The van der Waals surface area contributed by atoms with E-state index < -0.39 is 20.2 Å². The molecule has 0 saturated carbocycles. The standard InChI is InChI=1S/C13H18BrNO4S/c1-3-13(4-2,9-14)10-20(18,19)12-8-6-5-7-11(12)15(16)17/h5-8H,3-4,9-10H2,1-2H3. The molecule has 7 heteroatoms. The van der Waals surface area contributed by atoms with Crippen molar-refractivity contribution in [2.75, 3.05) is 11.1 Å². The Hall–Kier alpha value is -0.950. The Morgan fingerprint density at radius 1 is 1.25 bits per heavy atom. The van der Waals surface area contributed by atoms with E-state index in [-0.39, 0.29) is 16.3 Å². The van der Waals surface area contributed by atoms with Gasteiger partial charge < -0.3 is 0 Å². The maximum Gasteiger partial charge on any atom is 0.287 e. The van der Waals surface area contributed by atoms with Gasteiger partial charge in [0.25, 0.3) is 5.69 Å². The lowest BCUT2D eigenvalue weighted by Gasteiger charge is -2.28. The molecule has 0 heterocycles. The van der Waals surface area contributed by atoms with E-state index in [1.54, 1.807) is 0 Å². The van der Waals surface area contributed by atoms with Crippen molar-refractivity contribution in [3.8, 4) is 0 Å². The van der Waals surface area contributed by atoms with Gasteiger partial charge in [0.2, 0.25) is 0 Å². The Kier molecular flexibility index (Phi) is 5.70. The second-order valence-electron chi connectivity index (χ2n) is 4.82. The van der Waals surface area contributed by atoms with Crippen LogP contribution in [0.3, 0.4) is 0 Å². The van der Waals surface area contributed by atoms with E-state index >= 15 is 0 Å². The molecule has 0 aliphatic heterocycles. The van der Waals surface area contributed by atoms with Gasteiger partial charge in [-0.05, 0) is 24.3 Å². The predicted molar refractivity (Wildman–Crippen MR) is 82.0 cm³/mol. The third-order valence-electron chi connectivity index (χ3n) is 3.68. The molecule has 0 spiro atoms. The molecule has 0 unspecified atom stereocenters. The molecular weight excluding hydrogens is 346 g/mol. The first-order chi connectivity index (χ1) is 9.32. The van der Waals surface area contributed by atoms with Crippen LogP contribution in [0.4, 0.5) is 5.69 Å². The molecular formula is C13H18BrNO4S. The van der Waals surface area contributed by atoms with E-state index in [9.17, 15) is 18.5 Å². The fraction of sp³-hybridized carbons (Fsp3) is 0.538. The van der Waals surface area contributed by atoms with Crippen LogP contribution in [0.15, 0.2) is 29.2 Å². The second-order valence-corrected chi connectivity index (χ2v) is 7.34. The Morgan fingerprint density at radius 3 is 2.25 bits per heavy atom. The lowest BCUT2D eigenvalue weighted by Crippen LogP contribution is -2.31. The van der Waals surface area contributed by atoms with Crippen LogP contribution in [0.1, 0.15) is 26.7 Å². The molecule has 0 saturated heterocycles. The minimum atomic E-state index is -3.70. The first-order valence-electron chi connectivity index (χ1n) is 6.34. The number of sulfone groups is 1. The highest BCUT2D eigenvalue weighted by Gasteiger charge is 2.35. The van der Waals surface area contributed by atoms with Gasteiger partial charge >= 0.3 is 0 Å². The highest BCUT2D eigenvalue weighted by Crippen LogP contribution is 2.34. The number of hydrogen-bond acceptors (Lipinski definition) is 4. The maximum atomic E-state index is 12.5. The van der Waals surface area contributed by atoms with Crippen molar-refractivity contribution in [2.45, 2.75) is 31.6 Å². The van der Waals surface area contributed by atoms with Gasteiger partial charge in [0.15, 0.2) is 9.84 Å². The molecule has 1 aromatic carbocycles. The van der Waals surface area contributed by atoms with Crippen molar-refractivity contribution in [2.24, 2.45) is 5.41 Å². The monoisotopic (exact) mass is 363 g/mol. The van der Waals surface area contributed by atoms with Crippen molar-refractivity contribution in [1.82, 2.24) is 0 Å². The molecule has 1 aromatic rings. The highest BCUT2D eigenvalue weighted by molar-refractivity contribution is 9.09. The quantitative estimate of drug-likeness (QED) is 0.421. The molecule has 0 aliphatic rings. The summed E-state index contributed by atoms with van der Waals surface area (Å²) in [5.74, 6) is -0.0941. The largest absolute Gasteiger partial charge is 0.287 e. The summed E-state index contributed by atoms with van der Waals surface area (Å²) in [6.07, 6.45) is 1.38. The van der Waals surface area contributed by atoms with E-state index in [2.05, 4.69) is 15.9 Å². The lowest BCUT2D eigenvalue weighted by atomic mass is 9.87. The van der Waals surface area contributed by atoms with Crippen LogP contribution in [-0.4, -0.2) is 24.4 Å². The van der Waals surface area contributed by atoms with Crippen LogP contribution in [0.25, 0.3) is 0 Å². The smallest absolute Gasteiger partial charge is 0.258 e. The third-order valence-corrected chi connectivity index (χ3v) is 6.87. The molecule has 0 radical (unpaired) electrons. The topological polar surface area (TPSA) is 77.3 Å². The number of nitrogens with zero attached hydrogens (tertiary/aromatic N) is 1. The molecule has 0 atom stereocenters. The fourth-order valence-electron chi connectivity index (χ4n) is 2.03. The van der Waals surface area contributed by atoms with Crippen molar-refractivity contribution < 1.29 is 13.3 Å². The number of nitro groups is 1. The maximum absolute atomic E-state index is 12.5. The molecule has 1 rings (SSSR count). The summed E-state index contributed by atoms with van der Waals surface area (Å²) in [4.78, 5) is 10.1. The first-order valence-corrected chi connectivity index (χ1v) is 9.11. The number of rotatable bonds is 7. The zero-order valence-corrected chi connectivity index (χ0v) is 13.9. The molecule has 112 valence electrons. The van der Waals surface area contributed by atoms with Crippen LogP contribution < -0.4 is 0 Å². The molecule has 0 N–H and O–H groups in total. The van der Waals surface area contributed by atoms with Gasteiger partial charge in [-0.25, -0.2) is 8.42 Å². The van der Waals surface area contributed by atoms with E-state index in [4.69, 9.17) is 0 Å². The van der Waals surface area contributed by atoms with Crippen molar-refractivity contribution in [3.05, 3.63) is 34.4 Å². The van der Waals surface area contributed by atoms with Crippen molar-refractivity contribution in [3.63, 3.8) is 0 Å². The average molecular weight is 364 g/mol. The van der Waals surface area contributed by atoms with E-state index in [1.807, 2.05) is 13.8 Å². The average Bonchev–Trinajstić information content (AvgIpc) is 2.45. The number of alkyl halides is 1. The van der Waals surface area contributed by atoms with Gasteiger partial charge in [0.1, 0.15) is 4.90 Å². The van der Waals surface area contributed by atoms with Gasteiger partial charge in [0, 0.05) is 11.4 Å². The Morgan fingerprint density at radius 2 is 1.80 bits per heavy atom. The molecule has 0 aromatic heterocycles. The number of halogens is 1. The first kappa shape index (κ1) is 17.1. The van der Waals surface area contributed by atoms with E-state index in [0.717, 1.165) is 0 Å². The van der Waals surface area contributed by atoms with Gasteiger partial charge in [-0.1, -0.05) is 41.9 Å². The van der Waals surface area contributed by atoms with Crippen molar-refractivity contribution >= 4 is 31.5 Å². The van der Waals surface area contributed by atoms with Gasteiger partial charge in [-0.2, -0.15) is 0 Å². The van der Waals surface area contributed by atoms with Gasteiger partial charge in [-0.15, -0.1) is 0 Å². The highest BCUT2D eigenvalue weighted by atomic mass is 79.9. The third kappa shape index (κ3) is 3.58. The SMILES string of the molecule is CCC(CC)(CBr)CS(=O)(=O)c1ccccc1[N+](=O)[O-]. The van der Waals surface area contributed by atoms with Crippen molar-refractivity contribution in [1.29, 1.82) is 0 Å². The summed E-state index contributed by atoms with van der Waals surface area (Å²) in [6.45, 7) is 3.86. The zero-order chi connectivity index (χ0) is 15.4. The molecule has 0 fully saturated rings. The van der Waals surface area contributed by atoms with Gasteiger partial charge in [0.05, 0.1) is 10.7 Å². The number of para-hydroxylation sites is 1. The zero-order valence-electron chi connectivity index (χ0n) is 11.5. The molecule has 0 aliphatic carbocycles. The van der Waals surface area contributed by atoms with E-state index in [0.29, 0.717) is 18.2 Å². The molecule has 0 bridgehead atoms. The molecule has 0 amide bonds. The van der Waals surface area contributed by atoms with E-state index in [1.165, 1.54) is 24.3 Å². The summed E-state index contributed by atoms with van der Waals surface area (Å²) in [7, 11) is -3.70. The Balaban J connectivity index is 3.28. The summed E-state index contributed by atoms with van der Waals surface area (Å²) >= 11 is 3.37. The number of hydrogen-bond donors (Lipinski definition) is 0. The van der Waals surface area contributed by atoms with Crippen LogP contribution in [0.2, 0.25) is 0 Å². The Bertz CT molecular complexity index is 574. The fourth-order valence-corrected chi connectivity index (χ4v) is 5.51. The molecule has 20 heavy (non-hydrogen) atoms. The summed E-state index contributed by atoms with van der Waals surface area (Å²) in [5, 5.41) is 11.5. The summed E-state index contributed by atoms with van der Waals surface area (Å²) in [6, 6.07) is 5.50. The van der Waals surface area contributed by atoms with Gasteiger partial charge in [-0.3, -0.25) is 10.1 Å². The van der Waals surface area contributed by atoms with Crippen LogP contribution in [0.5, 0.6) is 0 Å². The molecule has 5 nitrogen and oxygen atoms in total. The summed E-state index contributed by atoms with van der Waals surface area (Å²) < 4.78 is 25.0. The van der Waals surface area contributed by atoms with Crippen LogP contribution >= 0.6 is 15.9 Å². The number of nitro benzene ring substituents is 1. The summed E-state index contributed by atoms with van der Waals surface area (Å²) in [5.41, 5.74) is -0.758. The van der Waals surface area contributed by atoms with Crippen LogP contribution in [0, 0.1) is 15.5 Å².